The molecule has 0 bridgehead atoms. The molecule has 31 heavy (non-hydrogen) atoms. The topological polar surface area (TPSA) is 57.5 Å². The summed E-state index contributed by atoms with van der Waals surface area (Å²) in [6, 6.07) is 4.13. The third-order valence-electron chi connectivity index (χ3n) is 7.46. The molecule has 168 valence electrons. The lowest BCUT2D eigenvalue weighted by molar-refractivity contribution is 0.0613. The summed E-state index contributed by atoms with van der Waals surface area (Å²) in [5.74, 6) is 1.93. The average molecular weight is 425 g/mol. The molecule has 0 unspecified atom stereocenters. The van der Waals surface area contributed by atoms with E-state index in [9.17, 15) is 4.79 Å². The number of anilines is 1. The highest BCUT2D eigenvalue weighted by molar-refractivity contribution is 6.04. The van der Waals surface area contributed by atoms with Gasteiger partial charge in [0.2, 0.25) is 0 Å². The molecule has 4 heterocycles. The van der Waals surface area contributed by atoms with Gasteiger partial charge in [-0.2, -0.15) is 5.10 Å². The number of carbonyl (C=O) groups excluding carboxylic acids is 1. The summed E-state index contributed by atoms with van der Waals surface area (Å²) in [5, 5.41) is 5.48. The summed E-state index contributed by atoms with van der Waals surface area (Å²) in [6.07, 6.45) is 10.6. The maximum Gasteiger partial charge on any atom is 0.275 e. The molecule has 0 spiro atoms. The molecule has 1 saturated carbocycles. The molecule has 5 rings (SSSR count). The fourth-order valence-corrected chi connectivity index (χ4v) is 5.60. The zero-order valence-electron chi connectivity index (χ0n) is 18.9. The predicted molar refractivity (Wildman–Crippen MR) is 123 cm³/mol. The number of hydrogen-bond donors (Lipinski definition) is 0. The van der Waals surface area contributed by atoms with Crippen LogP contribution in [-0.4, -0.2) is 76.3 Å². The van der Waals surface area contributed by atoms with Crippen LogP contribution < -0.4 is 4.90 Å². The van der Waals surface area contributed by atoms with Crippen molar-refractivity contribution in [1.29, 1.82) is 0 Å². The van der Waals surface area contributed by atoms with E-state index in [1.54, 1.807) is 4.68 Å². The Balaban J connectivity index is 1.28. The third kappa shape index (κ3) is 4.43. The first-order valence-electron chi connectivity index (χ1n) is 12.3. The second-order valence-corrected chi connectivity index (χ2v) is 9.66. The van der Waals surface area contributed by atoms with Gasteiger partial charge in [-0.05, 0) is 43.7 Å². The fourth-order valence-electron chi connectivity index (χ4n) is 5.60. The molecule has 7 heteroatoms. The maximum atomic E-state index is 13.3. The Morgan fingerprint density at radius 3 is 2.35 bits per heavy atom. The number of aryl methyl sites for hydroxylation is 1. The molecule has 0 N–H and O–H groups in total. The molecule has 2 aliphatic heterocycles. The van der Waals surface area contributed by atoms with E-state index >= 15 is 0 Å². The van der Waals surface area contributed by atoms with Crippen LogP contribution in [0.5, 0.6) is 0 Å². The Labute approximate surface area is 185 Å². The van der Waals surface area contributed by atoms with Gasteiger partial charge in [0, 0.05) is 52.9 Å². The van der Waals surface area contributed by atoms with Crippen molar-refractivity contribution in [2.75, 3.05) is 50.7 Å². The monoisotopic (exact) mass is 424 g/mol. The lowest BCUT2D eigenvalue weighted by Crippen LogP contribution is -2.49. The number of piperazine rings is 1. The fraction of sp³-hybridized carbons (Fsp3) is 0.708. The van der Waals surface area contributed by atoms with Crippen LogP contribution in [0.15, 0.2) is 12.1 Å². The number of hydrogen-bond acceptors (Lipinski definition) is 5. The quantitative estimate of drug-likeness (QED) is 0.754. The molecule has 7 nitrogen and oxygen atoms in total. The highest BCUT2D eigenvalue weighted by Crippen LogP contribution is 2.27. The van der Waals surface area contributed by atoms with Crippen molar-refractivity contribution < 1.29 is 4.79 Å². The minimum absolute atomic E-state index is 0.0513. The summed E-state index contributed by atoms with van der Waals surface area (Å²) in [6.45, 7) is 6.87. The Bertz CT molecular complexity index is 902. The highest BCUT2D eigenvalue weighted by atomic mass is 16.2. The van der Waals surface area contributed by atoms with E-state index < -0.39 is 0 Å². The minimum atomic E-state index is 0.0513. The van der Waals surface area contributed by atoms with Gasteiger partial charge < -0.3 is 9.80 Å². The minimum Gasteiger partial charge on any atom is -0.357 e. The molecular weight excluding hydrogens is 388 g/mol. The maximum absolute atomic E-state index is 13.3. The van der Waals surface area contributed by atoms with E-state index in [0.29, 0.717) is 5.69 Å². The smallest absolute Gasteiger partial charge is 0.275 e. The van der Waals surface area contributed by atoms with Gasteiger partial charge in [0.05, 0.1) is 5.39 Å². The predicted octanol–water partition coefficient (Wildman–Crippen LogP) is 3.30. The molecule has 3 fully saturated rings. The molecule has 1 aliphatic carbocycles. The number of rotatable bonds is 4. The second-order valence-electron chi connectivity index (χ2n) is 9.66. The summed E-state index contributed by atoms with van der Waals surface area (Å²) in [7, 11) is 1.90. The van der Waals surface area contributed by atoms with Gasteiger partial charge in [0.15, 0.2) is 11.3 Å². The lowest BCUT2D eigenvalue weighted by Gasteiger charge is -2.35. The van der Waals surface area contributed by atoms with Crippen LogP contribution in [0.25, 0.3) is 11.0 Å². The van der Waals surface area contributed by atoms with Crippen molar-refractivity contribution >= 4 is 22.8 Å². The Morgan fingerprint density at radius 1 is 0.935 bits per heavy atom. The van der Waals surface area contributed by atoms with E-state index in [1.165, 1.54) is 57.9 Å². The van der Waals surface area contributed by atoms with Crippen molar-refractivity contribution in [3.8, 4) is 0 Å². The standard InChI is InChI=1S/C24H36N6O/c1-27-23-20(10-11-21(25-23)29-12-6-2-3-7-13-29)22(26-27)24(31)30-16-14-28(15-17-30)18-19-8-4-5-9-19/h10-11,19H,2-9,12-18H2,1H3. The van der Waals surface area contributed by atoms with Crippen molar-refractivity contribution in [3.63, 3.8) is 0 Å². The summed E-state index contributed by atoms with van der Waals surface area (Å²) in [5.41, 5.74) is 1.36. The van der Waals surface area contributed by atoms with Crippen molar-refractivity contribution in [2.24, 2.45) is 13.0 Å². The molecule has 2 aromatic rings. The first kappa shape index (κ1) is 20.7. The van der Waals surface area contributed by atoms with E-state index in [0.717, 1.165) is 62.0 Å². The molecule has 0 atom stereocenters. The Hall–Kier alpha value is -2.15. The SMILES string of the molecule is Cn1nc(C(=O)N2CCN(CC3CCCC3)CC2)c2ccc(N3CCCCCC3)nc21. The van der Waals surface area contributed by atoms with E-state index in [1.807, 2.05) is 11.9 Å². The summed E-state index contributed by atoms with van der Waals surface area (Å²) < 4.78 is 1.78. The van der Waals surface area contributed by atoms with Crippen molar-refractivity contribution in [1.82, 2.24) is 24.6 Å². The summed E-state index contributed by atoms with van der Waals surface area (Å²) >= 11 is 0. The van der Waals surface area contributed by atoms with Gasteiger partial charge in [0.25, 0.3) is 5.91 Å². The largest absolute Gasteiger partial charge is 0.357 e. The van der Waals surface area contributed by atoms with Gasteiger partial charge in [-0.25, -0.2) is 9.67 Å². The number of carbonyl (C=O) groups is 1. The summed E-state index contributed by atoms with van der Waals surface area (Å²) in [4.78, 5) is 25.1. The number of amides is 1. The average Bonchev–Trinajstić information content (AvgIpc) is 3.32. The number of fused-ring (bicyclic) bond motifs is 1. The normalized spacial score (nSPS) is 21.7. The van der Waals surface area contributed by atoms with Crippen LogP contribution in [0, 0.1) is 5.92 Å². The van der Waals surface area contributed by atoms with E-state index in [2.05, 4.69) is 27.0 Å². The van der Waals surface area contributed by atoms with Crippen LogP contribution in [0.4, 0.5) is 5.82 Å². The van der Waals surface area contributed by atoms with Crippen LogP contribution in [-0.2, 0) is 7.05 Å². The molecule has 2 saturated heterocycles. The zero-order chi connectivity index (χ0) is 21.2. The second kappa shape index (κ2) is 9.15. The van der Waals surface area contributed by atoms with Gasteiger partial charge >= 0.3 is 0 Å². The van der Waals surface area contributed by atoms with Gasteiger partial charge in [0.1, 0.15) is 5.82 Å². The van der Waals surface area contributed by atoms with Gasteiger partial charge in [-0.3, -0.25) is 9.69 Å². The molecule has 0 aromatic carbocycles. The number of aromatic nitrogens is 3. The van der Waals surface area contributed by atoms with Crippen molar-refractivity contribution in [2.45, 2.75) is 51.4 Å². The molecule has 3 aliphatic rings. The highest BCUT2D eigenvalue weighted by Gasteiger charge is 2.28. The zero-order valence-corrected chi connectivity index (χ0v) is 18.9. The Kier molecular flexibility index (Phi) is 6.12. The molecule has 1 amide bonds. The first-order valence-corrected chi connectivity index (χ1v) is 12.3. The van der Waals surface area contributed by atoms with Gasteiger partial charge in [-0.15, -0.1) is 0 Å². The number of pyridine rings is 1. The van der Waals surface area contributed by atoms with Crippen LogP contribution in [0.2, 0.25) is 0 Å². The van der Waals surface area contributed by atoms with Crippen LogP contribution >= 0.6 is 0 Å². The molecule has 0 radical (unpaired) electrons. The van der Waals surface area contributed by atoms with Crippen LogP contribution in [0.1, 0.15) is 61.9 Å². The van der Waals surface area contributed by atoms with Crippen molar-refractivity contribution in [3.05, 3.63) is 17.8 Å². The van der Waals surface area contributed by atoms with Crippen LogP contribution in [0.3, 0.4) is 0 Å². The first-order chi connectivity index (χ1) is 15.2. The molecule has 2 aromatic heterocycles. The van der Waals surface area contributed by atoms with E-state index in [-0.39, 0.29) is 5.91 Å². The van der Waals surface area contributed by atoms with Gasteiger partial charge in [-0.1, -0.05) is 25.7 Å². The molecular formula is C24H36N6O. The third-order valence-corrected chi connectivity index (χ3v) is 7.46. The number of nitrogens with zero attached hydrogens (tertiary/aromatic N) is 6. The Morgan fingerprint density at radius 2 is 1.65 bits per heavy atom. The van der Waals surface area contributed by atoms with E-state index in [4.69, 9.17) is 4.98 Å². The lowest BCUT2D eigenvalue weighted by atomic mass is 10.1.